The smallest absolute Gasteiger partial charge is 0.160 e. The summed E-state index contributed by atoms with van der Waals surface area (Å²) in [6.07, 6.45) is 6.11. The topological polar surface area (TPSA) is 17.1 Å². The molecule has 1 aromatic heterocycles. The maximum Gasteiger partial charge on any atom is 0.160 e. The van der Waals surface area contributed by atoms with Crippen LogP contribution in [0.3, 0.4) is 0 Å². The van der Waals surface area contributed by atoms with Gasteiger partial charge in [0.25, 0.3) is 0 Å². The number of aldehydes is 1. The van der Waals surface area contributed by atoms with Gasteiger partial charge in [-0.15, -0.1) is 11.3 Å². The monoisotopic (exact) mass is 258 g/mol. The Kier molecular flexibility index (Phi) is 4.39. The summed E-state index contributed by atoms with van der Waals surface area (Å²) in [5, 5.41) is 0.981. The summed E-state index contributed by atoms with van der Waals surface area (Å²) in [5.74, 6) is 0. The molecule has 1 nitrogen and oxygen atoms in total. The van der Waals surface area contributed by atoms with Gasteiger partial charge in [-0.05, 0) is 31.1 Å². The van der Waals surface area contributed by atoms with E-state index in [4.69, 9.17) is 0 Å². The molecule has 13 heavy (non-hydrogen) atoms. The van der Waals surface area contributed by atoms with Gasteiger partial charge in [-0.2, -0.15) is 0 Å². The minimum absolute atomic E-state index is 0.802. The molecule has 0 unspecified atom stereocenters. The second kappa shape index (κ2) is 5.35. The minimum Gasteiger partial charge on any atom is -0.297 e. The summed E-state index contributed by atoms with van der Waals surface area (Å²) in [6.45, 7) is 2.03. The highest BCUT2D eigenvalue weighted by molar-refractivity contribution is 9.09. The molecular weight excluding hydrogens is 248 g/mol. The zero-order chi connectivity index (χ0) is 9.68. The maximum atomic E-state index is 10.5. The van der Waals surface area contributed by atoms with Crippen molar-refractivity contribution in [2.24, 2.45) is 0 Å². The zero-order valence-corrected chi connectivity index (χ0v) is 9.82. The van der Waals surface area contributed by atoms with Gasteiger partial charge in [0.2, 0.25) is 0 Å². The SMILES string of the molecule is Cc1cc(C=O)sc1C=CCCBr. The van der Waals surface area contributed by atoms with Crippen molar-refractivity contribution in [2.75, 3.05) is 5.33 Å². The van der Waals surface area contributed by atoms with E-state index in [1.807, 2.05) is 13.0 Å². The van der Waals surface area contributed by atoms with Crippen molar-refractivity contribution < 1.29 is 4.79 Å². The molecule has 0 bridgehead atoms. The van der Waals surface area contributed by atoms with Gasteiger partial charge in [-0.1, -0.05) is 22.0 Å². The first kappa shape index (κ1) is 10.7. The van der Waals surface area contributed by atoms with Gasteiger partial charge in [0.1, 0.15) is 0 Å². The van der Waals surface area contributed by atoms with Crippen LogP contribution in [0.2, 0.25) is 0 Å². The van der Waals surface area contributed by atoms with E-state index in [2.05, 4.69) is 28.1 Å². The molecule has 0 spiro atoms. The van der Waals surface area contributed by atoms with E-state index < -0.39 is 0 Å². The summed E-state index contributed by atoms with van der Waals surface area (Å²) >= 11 is 4.90. The van der Waals surface area contributed by atoms with Gasteiger partial charge in [-0.3, -0.25) is 4.79 Å². The Morgan fingerprint density at radius 1 is 1.62 bits per heavy atom. The third-order valence-corrected chi connectivity index (χ3v) is 3.22. The lowest BCUT2D eigenvalue weighted by Crippen LogP contribution is -1.69. The molecule has 0 saturated heterocycles. The van der Waals surface area contributed by atoms with Crippen LogP contribution in [-0.2, 0) is 0 Å². The molecule has 1 rings (SSSR count). The van der Waals surface area contributed by atoms with E-state index in [1.165, 1.54) is 21.8 Å². The number of thiophene rings is 1. The second-order valence-corrected chi connectivity index (χ2v) is 4.60. The Morgan fingerprint density at radius 3 is 2.92 bits per heavy atom. The highest BCUT2D eigenvalue weighted by Gasteiger charge is 2.00. The summed E-state index contributed by atoms with van der Waals surface area (Å²) in [7, 11) is 0. The van der Waals surface area contributed by atoms with Crippen molar-refractivity contribution in [1.29, 1.82) is 0 Å². The largest absolute Gasteiger partial charge is 0.297 e. The molecule has 0 N–H and O–H groups in total. The molecule has 70 valence electrons. The van der Waals surface area contributed by atoms with Crippen LogP contribution in [0.5, 0.6) is 0 Å². The number of carbonyl (C=O) groups is 1. The molecule has 3 heteroatoms. The van der Waals surface area contributed by atoms with Crippen LogP contribution in [0, 0.1) is 6.92 Å². The van der Waals surface area contributed by atoms with Crippen molar-refractivity contribution in [3.8, 4) is 0 Å². The molecule has 0 aliphatic rings. The normalized spacial score (nSPS) is 10.9. The van der Waals surface area contributed by atoms with Crippen molar-refractivity contribution >= 4 is 39.6 Å². The summed E-state index contributed by atoms with van der Waals surface area (Å²) in [4.78, 5) is 12.5. The van der Waals surface area contributed by atoms with Gasteiger partial charge in [0.05, 0.1) is 4.88 Å². The van der Waals surface area contributed by atoms with Crippen LogP contribution in [0.25, 0.3) is 6.08 Å². The molecule has 0 aliphatic carbocycles. The summed E-state index contributed by atoms with van der Waals surface area (Å²) in [5.41, 5.74) is 1.18. The standard InChI is InChI=1S/C10H11BrOS/c1-8-6-9(7-12)13-10(8)4-2-3-5-11/h2,4,6-7H,3,5H2,1H3. The van der Waals surface area contributed by atoms with E-state index in [-0.39, 0.29) is 0 Å². The quantitative estimate of drug-likeness (QED) is 0.595. The first-order valence-corrected chi connectivity index (χ1v) is 6.00. The van der Waals surface area contributed by atoms with E-state index in [0.29, 0.717) is 0 Å². The first-order chi connectivity index (χ1) is 6.27. The average Bonchev–Trinajstić information content (AvgIpc) is 2.48. The first-order valence-electron chi connectivity index (χ1n) is 4.06. The summed E-state index contributed by atoms with van der Waals surface area (Å²) in [6, 6.07) is 1.92. The molecule has 0 fully saturated rings. The molecule has 0 aliphatic heterocycles. The van der Waals surface area contributed by atoms with Gasteiger partial charge < -0.3 is 0 Å². The highest BCUT2D eigenvalue weighted by Crippen LogP contribution is 2.21. The van der Waals surface area contributed by atoms with Crippen molar-refractivity contribution in [1.82, 2.24) is 0 Å². The lowest BCUT2D eigenvalue weighted by Gasteiger charge is -1.87. The third kappa shape index (κ3) is 3.08. The fraction of sp³-hybridized carbons (Fsp3) is 0.300. The van der Waals surface area contributed by atoms with E-state index >= 15 is 0 Å². The fourth-order valence-corrected chi connectivity index (χ4v) is 2.18. The number of aryl methyl sites for hydroxylation is 1. The van der Waals surface area contributed by atoms with Crippen LogP contribution < -0.4 is 0 Å². The van der Waals surface area contributed by atoms with E-state index in [9.17, 15) is 4.79 Å². The highest BCUT2D eigenvalue weighted by atomic mass is 79.9. The van der Waals surface area contributed by atoms with Crippen LogP contribution in [0.15, 0.2) is 12.1 Å². The second-order valence-electron chi connectivity index (χ2n) is 2.69. The number of alkyl halides is 1. The number of hydrogen-bond acceptors (Lipinski definition) is 2. The van der Waals surface area contributed by atoms with E-state index in [1.54, 1.807) is 0 Å². The lowest BCUT2D eigenvalue weighted by molar-refractivity contribution is 0.112. The Bertz CT molecular complexity index is 315. The summed E-state index contributed by atoms with van der Waals surface area (Å²) < 4.78 is 0. The average molecular weight is 259 g/mol. The van der Waals surface area contributed by atoms with Crippen molar-refractivity contribution in [3.05, 3.63) is 27.5 Å². The van der Waals surface area contributed by atoms with E-state index in [0.717, 1.165) is 22.9 Å². The maximum absolute atomic E-state index is 10.5. The Balaban J connectivity index is 2.76. The number of allylic oxidation sites excluding steroid dienone is 1. The van der Waals surface area contributed by atoms with Crippen molar-refractivity contribution in [2.45, 2.75) is 13.3 Å². The number of halogens is 1. The molecule has 0 saturated carbocycles. The zero-order valence-electron chi connectivity index (χ0n) is 7.42. The Hall–Kier alpha value is -0.410. The van der Waals surface area contributed by atoms with Crippen molar-refractivity contribution in [3.63, 3.8) is 0 Å². The molecule has 1 heterocycles. The molecule has 0 aromatic carbocycles. The molecule has 0 amide bonds. The van der Waals surface area contributed by atoms with Crippen LogP contribution >= 0.6 is 27.3 Å². The number of hydrogen-bond donors (Lipinski definition) is 0. The van der Waals surface area contributed by atoms with Gasteiger partial charge >= 0.3 is 0 Å². The molecular formula is C10H11BrOS. The lowest BCUT2D eigenvalue weighted by atomic mass is 10.2. The minimum atomic E-state index is 0.802. The fourth-order valence-electron chi connectivity index (χ4n) is 0.998. The van der Waals surface area contributed by atoms with Crippen LogP contribution in [0.4, 0.5) is 0 Å². The Morgan fingerprint density at radius 2 is 2.38 bits per heavy atom. The molecule has 0 atom stereocenters. The number of rotatable bonds is 4. The van der Waals surface area contributed by atoms with Gasteiger partial charge in [0, 0.05) is 10.2 Å². The molecule has 1 aromatic rings. The predicted molar refractivity (Wildman–Crippen MR) is 61.9 cm³/mol. The predicted octanol–water partition coefficient (Wildman–Crippen LogP) is 3.67. The van der Waals surface area contributed by atoms with Gasteiger partial charge in [0.15, 0.2) is 6.29 Å². The van der Waals surface area contributed by atoms with Gasteiger partial charge in [-0.25, -0.2) is 0 Å². The number of carbonyl (C=O) groups excluding carboxylic acids is 1. The molecule has 0 radical (unpaired) electrons. The third-order valence-electron chi connectivity index (χ3n) is 1.64. The van der Waals surface area contributed by atoms with Crippen LogP contribution in [0.1, 0.15) is 26.5 Å². The Labute approximate surface area is 90.6 Å². The van der Waals surface area contributed by atoms with Crippen LogP contribution in [-0.4, -0.2) is 11.6 Å².